The van der Waals surface area contributed by atoms with Crippen molar-refractivity contribution in [2.24, 2.45) is 5.92 Å². The van der Waals surface area contributed by atoms with Crippen LogP contribution in [-0.4, -0.2) is 33.8 Å². The Kier molecular flexibility index (Phi) is 2.96. The highest BCUT2D eigenvalue weighted by Gasteiger charge is 2.54. The summed E-state index contributed by atoms with van der Waals surface area (Å²) in [5, 5.41) is 2.65. The zero-order valence-corrected chi connectivity index (χ0v) is 11.2. The van der Waals surface area contributed by atoms with Gasteiger partial charge in [0, 0.05) is 12.7 Å². The van der Waals surface area contributed by atoms with Crippen LogP contribution in [0.4, 0.5) is 4.39 Å². The summed E-state index contributed by atoms with van der Waals surface area (Å²) in [6.45, 7) is 2.01. The molecular weight excluding hydrogens is 261 g/mol. The number of hydrogen-bond acceptors (Lipinski definition) is 3. The van der Waals surface area contributed by atoms with Gasteiger partial charge in [-0.1, -0.05) is 0 Å². The smallest absolute Gasteiger partial charge is 0.246 e. The summed E-state index contributed by atoms with van der Waals surface area (Å²) >= 11 is 0. The first kappa shape index (κ1) is 13.0. The van der Waals surface area contributed by atoms with Gasteiger partial charge in [0.2, 0.25) is 11.8 Å². The number of pyridine rings is 1. The highest BCUT2D eigenvalue weighted by Crippen LogP contribution is 2.44. The summed E-state index contributed by atoms with van der Waals surface area (Å²) in [5.41, 5.74) is -0.235. The second-order valence-electron chi connectivity index (χ2n) is 5.60. The molecular formula is C14H16FN3O2. The molecule has 1 aliphatic carbocycles. The number of carbonyl (C=O) groups is 2. The van der Waals surface area contributed by atoms with Crippen LogP contribution in [0.1, 0.15) is 25.3 Å². The van der Waals surface area contributed by atoms with Crippen molar-refractivity contribution in [1.82, 2.24) is 15.2 Å². The number of aromatic nitrogens is 1. The van der Waals surface area contributed by atoms with Gasteiger partial charge in [-0.3, -0.25) is 14.6 Å². The maximum absolute atomic E-state index is 13.2. The van der Waals surface area contributed by atoms with Gasteiger partial charge in [-0.2, -0.15) is 0 Å². The number of carbonyl (C=O) groups excluding carboxylic acids is 2. The first-order valence-corrected chi connectivity index (χ1v) is 6.70. The number of hydrogen-bond donors (Lipinski definition) is 1. The Hall–Kier alpha value is -1.98. The van der Waals surface area contributed by atoms with Crippen molar-refractivity contribution < 1.29 is 14.0 Å². The van der Waals surface area contributed by atoms with Crippen LogP contribution in [0.3, 0.4) is 0 Å². The molecule has 0 aromatic carbocycles. The van der Waals surface area contributed by atoms with Gasteiger partial charge in [0.1, 0.15) is 11.4 Å². The van der Waals surface area contributed by atoms with Gasteiger partial charge < -0.3 is 10.2 Å². The van der Waals surface area contributed by atoms with E-state index in [1.165, 1.54) is 12.3 Å². The van der Waals surface area contributed by atoms with E-state index in [1.54, 1.807) is 11.8 Å². The van der Waals surface area contributed by atoms with Crippen LogP contribution in [0.15, 0.2) is 18.5 Å². The second kappa shape index (κ2) is 4.54. The Morgan fingerprint density at radius 1 is 1.45 bits per heavy atom. The largest absolute Gasteiger partial charge is 0.345 e. The average Bonchev–Trinajstić information content (AvgIpc) is 3.24. The molecule has 6 heteroatoms. The highest BCUT2D eigenvalue weighted by molar-refractivity contribution is 5.98. The van der Waals surface area contributed by atoms with Gasteiger partial charge >= 0.3 is 0 Å². The van der Waals surface area contributed by atoms with E-state index in [1.807, 2.05) is 0 Å². The maximum atomic E-state index is 13.2. The molecule has 1 N–H and O–H groups in total. The molecule has 2 heterocycles. The van der Waals surface area contributed by atoms with Crippen molar-refractivity contribution in [2.45, 2.75) is 31.8 Å². The van der Waals surface area contributed by atoms with Crippen LogP contribution in [0.5, 0.6) is 0 Å². The van der Waals surface area contributed by atoms with Crippen LogP contribution in [0, 0.1) is 11.7 Å². The number of nitrogens with zero attached hydrogens (tertiary/aromatic N) is 2. The van der Waals surface area contributed by atoms with E-state index < -0.39 is 11.4 Å². The molecule has 1 aliphatic heterocycles. The van der Waals surface area contributed by atoms with E-state index in [9.17, 15) is 14.0 Å². The van der Waals surface area contributed by atoms with E-state index in [0.717, 1.165) is 19.0 Å². The first-order chi connectivity index (χ1) is 9.51. The Balaban J connectivity index is 1.91. The minimum absolute atomic E-state index is 0.00386. The molecule has 3 rings (SSSR count). The molecule has 1 saturated heterocycles. The topological polar surface area (TPSA) is 62.3 Å². The Labute approximate surface area is 116 Å². The van der Waals surface area contributed by atoms with Crippen LogP contribution in [-0.2, 0) is 16.1 Å². The number of amides is 2. The normalized spacial score (nSPS) is 26.6. The fraction of sp³-hybridized carbons (Fsp3) is 0.500. The SMILES string of the molecule is CC1(C2CC2)C(=O)NCC(=O)N1Cc1cncc(F)c1. The van der Waals surface area contributed by atoms with Crippen molar-refractivity contribution in [3.63, 3.8) is 0 Å². The molecule has 2 fully saturated rings. The molecule has 1 saturated carbocycles. The van der Waals surface area contributed by atoms with E-state index in [4.69, 9.17) is 0 Å². The van der Waals surface area contributed by atoms with Crippen molar-refractivity contribution in [3.8, 4) is 0 Å². The third-order valence-electron chi connectivity index (χ3n) is 4.20. The number of piperazine rings is 1. The van der Waals surface area contributed by atoms with Crippen LogP contribution >= 0.6 is 0 Å². The first-order valence-electron chi connectivity index (χ1n) is 6.70. The highest BCUT2D eigenvalue weighted by atomic mass is 19.1. The monoisotopic (exact) mass is 277 g/mol. The quantitative estimate of drug-likeness (QED) is 0.891. The Morgan fingerprint density at radius 3 is 2.85 bits per heavy atom. The minimum Gasteiger partial charge on any atom is -0.345 e. The summed E-state index contributed by atoms with van der Waals surface area (Å²) in [7, 11) is 0. The van der Waals surface area contributed by atoms with Crippen LogP contribution in [0.25, 0.3) is 0 Å². The molecule has 106 valence electrons. The number of nitrogens with one attached hydrogen (secondary N) is 1. The Bertz CT molecular complexity index is 573. The van der Waals surface area contributed by atoms with Crippen molar-refractivity contribution in [3.05, 3.63) is 29.8 Å². The summed E-state index contributed by atoms with van der Waals surface area (Å²) < 4.78 is 13.2. The lowest BCUT2D eigenvalue weighted by Crippen LogP contribution is -2.66. The minimum atomic E-state index is -0.832. The summed E-state index contributed by atoms with van der Waals surface area (Å²) in [6, 6.07) is 1.35. The van der Waals surface area contributed by atoms with Gasteiger partial charge in [-0.05, 0) is 37.3 Å². The lowest BCUT2D eigenvalue weighted by Gasteiger charge is -2.44. The summed E-state index contributed by atoms with van der Waals surface area (Å²) in [5.74, 6) is -0.509. The van der Waals surface area contributed by atoms with Crippen molar-refractivity contribution in [1.29, 1.82) is 0 Å². The zero-order chi connectivity index (χ0) is 14.3. The van der Waals surface area contributed by atoms with Crippen LogP contribution < -0.4 is 5.32 Å². The second-order valence-corrected chi connectivity index (χ2v) is 5.60. The fourth-order valence-corrected chi connectivity index (χ4v) is 2.84. The predicted molar refractivity (Wildman–Crippen MR) is 68.9 cm³/mol. The number of halogens is 1. The van der Waals surface area contributed by atoms with Gasteiger partial charge in [0.05, 0.1) is 12.7 Å². The molecule has 1 unspecified atom stereocenters. The van der Waals surface area contributed by atoms with E-state index in [-0.39, 0.29) is 30.8 Å². The van der Waals surface area contributed by atoms with E-state index >= 15 is 0 Å². The van der Waals surface area contributed by atoms with Gasteiger partial charge in [-0.25, -0.2) is 4.39 Å². The lowest BCUT2D eigenvalue weighted by atomic mass is 9.89. The average molecular weight is 277 g/mol. The fourth-order valence-electron chi connectivity index (χ4n) is 2.84. The molecule has 20 heavy (non-hydrogen) atoms. The molecule has 1 atom stereocenters. The summed E-state index contributed by atoms with van der Waals surface area (Å²) in [6.07, 6.45) is 4.52. The van der Waals surface area contributed by atoms with E-state index in [0.29, 0.717) is 5.56 Å². The molecule has 2 amide bonds. The third kappa shape index (κ3) is 2.05. The summed E-state index contributed by atoms with van der Waals surface area (Å²) in [4.78, 5) is 29.7. The maximum Gasteiger partial charge on any atom is 0.246 e. The van der Waals surface area contributed by atoms with Crippen molar-refractivity contribution in [2.75, 3.05) is 6.54 Å². The molecule has 0 spiro atoms. The van der Waals surface area contributed by atoms with Crippen LogP contribution in [0.2, 0.25) is 0 Å². The van der Waals surface area contributed by atoms with Gasteiger partial charge in [0.15, 0.2) is 0 Å². The Morgan fingerprint density at radius 2 is 2.20 bits per heavy atom. The number of rotatable bonds is 3. The molecule has 0 radical (unpaired) electrons. The van der Waals surface area contributed by atoms with E-state index in [2.05, 4.69) is 10.3 Å². The molecule has 2 aliphatic rings. The van der Waals surface area contributed by atoms with Crippen molar-refractivity contribution >= 4 is 11.8 Å². The zero-order valence-electron chi connectivity index (χ0n) is 11.2. The third-order valence-corrected chi connectivity index (χ3v) is 4.20. The van der Waals surface area contributed by atoms with Gasteiger partial charge in [0.25, 0.3) is 0 Å². The molecule has 5 nitrogen and oxygen atoms in total. The predicted octanol–water partition coefficient (Wildman–Crippen LogP) is 0.848. The molecule has 0 bridgehead atoms. The molecule has 1 aromatic rings. The lowest BCUT2D eigenvalue weighted by molar-refractivity contribution is -0.155. The molecule has 1 aromatic heterocycles. The van der Waals surface area contributed by atoms with Gasteiger partial charge in [-0.15, -0.1) is 0 Å². The standard InChI is InChI=1S/C14H16FN3O2/c1-14(10-2-3-10)13(20)17-7-12(19)18(14)8-9-4-11(15)6-16-5-9/h4-6,10H,2-3,7-8H2,1H3,(H,17,20).